The number of alkyl halides is 3. The molecule has 1 saturated heterocycles. The number of nitrogens with zero attached hydrogens (tertiary/aromatic N) is 2. The van der Waals surface area contributed by atoms with Gasteiger partial charge in [0.25, 0.3) is 5.91 Å². The van der Waals surface area contributed by atoms with Crippen molar-refractivity contribution in [2.24, 2.45) is 0 Å². The van der Waals surface area contributed by atoms with Crippen molar-refractivity contribution >= 4 is 17.6 Å². The van der Waals surface area contributed by atoms with Gasteiger partial charge in [-0.25, -0.2) is 4.79 Å². The Kier molecular flexibility index (Phi) is 5.36. The lowest BCUT2D eigenvalue weighted by Crippen LogP contribution is -2.39. The second-order valence-electron chi connectivity index (χ2n) is 5.73. The first-order valence-corrected chi connectivity index (χ1v) is 7.75. The second-order valence-corrected chi connectivity index (χ2v) is 5.73. The number of carbonyl (C=O) groups excluding carboxylic acids is 2. The Balaban J connectivity index is 2.22. The molecule has 3 amide bonds. The molecule has 0 aliphatic carbocycles. The van der Waals surface area contributed by atoms with Gasteiger partial charge >= 0.3 is 12.2 Å². The smallest absolute Gasteiger partial charge is 0.336 e. The lowest BCUT2D eigenvalue weighted by Gasteiger charge is -2.24. The lowest BCUT2D eigenvalue weighted by molar-refractivity contribution is -0.140. The Morgan fingerprint density at radius 2 is 2.08 bits per heavy atom. The number of anilines is 1. The Morgan fingerprint density at radius 1 is 1.38 bits per heavy atom. The minimum absolute atomic E-state index is 0.0354. The van der Waals surface area contributed by atoms with Gasteiger partial charge in [-0.2, -0.15) is 13.2 Å². The molecule has 0 bridgehead atoms. The molecular formula is C16H20F3N3O2. The molecule has 24 heavy (non-hydrogen) atoms. The van der Waals surface area contributed by atoms with Crippen molar-refractivity contribution < 1.29 is 22.8 Å². The summed E-state index contributed by atoms with van der Waals surface area (Å²) >= 11 is 0. The highest BCUT2D eigenvalue weighted by Gasteiger charge is 2.33. The van der Waals surface area contributed by atoms with Crippen molar-refractivity contribution in [1.82, 2.24) is 10.2 Å². The molecule has 0 atom stereocenters. The fourth-order valence-corrected chi connectivity index (χ4v) is 2.71. The summed E-state index contributed by atoms with van der Waals surface area (Å²) in [5, 5.41) is 2.68. The van der Waals surface area contributed by atoms with Crippen LogP contribution < -0.4 is 10.2 Å². The maximum atomic E-state index is 12.7. The zero-order valence-electron chi connectivity index (χ0n) is 13.6. The summed E-state index contributed by atoms with van der Waals surface area (Å²) in [6.45, 7) is 3.27. The third-order valence-electron chi connectivity index (χ3n) is 3.74. The van der Waals surface area contributed by atoms with Crippen LogP contribution in [0.1, 0.15) is 29.3 Å². The number of amides is 3. The van der Waals surface area contributed by atoms with Crippen LogP contribution in [0.4, 0.5) is 23.7 Å². The van der Waals surface area contributed by atoms with Gasteiger partial charge < -0.3 is 10.2 Å². The number of nitrogens with one attached hydrogen (secondary N) is 1. The molecule has 0 saturated carbocycles. The van der Waals surface area contributed by atoms with Crippen LogP contribution in [0.25, 0.3) is 0 Å². The minimum Gasteiger partial charge on any atom is -0.336 e. The molecule has 0 unspecified atom stereocenters. The molecule has 0 spiro atoms. The van der Waals surface area contributed by atoms with Crippen LogP contribution in [0, 0.1) is 6.92 Å². The topological polar surface area (TPSA) is 52.7 Å². The van der Waals surface area contributed by atoms with Gasteiger partial charge in [-0.1, -0.05) is 6.92 Å². The van der Waals surface area contributed by atoms with E-state index in [0.717, 1.165) is 4.90 Å². The third-order valence-corrected chi connectivity index (χ3v) is 3.74. The van der Waals surface area contributed by atoms with E-state index in [4.69, 9.17) is 0 Å². The molecule has 1 aromatic rings. The van der Waals surface area contributed by atoms with Gasteiger partial charge in [0.15, 0.2) is 0 Å². The van der Waals surface area contributed by atoms with Crippen LogP contribution in [-0.2, 0) is 0 Å². The Hall–Kier alpha value is -2.25. The van der Waals surface area contributed by atoms with E-state index in [0.29, 0.717) is 30.8 Å². The molecule has 0 aromatic heterocycles. The summed E-state index contributed by atoms with van der Waals surface area (Å²) in [6.07, 6.45) is -4.00. The van der Waals surface area contributed by atoms with Crippen LogP contribution in [0.5, 0.6) is 0 Å². The molecule has 1 heterocycles. The summed E-state index contributed by atoms with van der Waals surface area (Å²) in [5.41, 5.74) is 1.51. The van der Waals surface area contributed by atoms with Crippen LogP contribution in [0.2, 0.25) is 0 Å². The molecule has 1 aliphatic rings. The fourth-order valence-electron chi connectivity index (χ4n) is 2.71. The lowest BCUT2D eigenvalue weighted by atomic mass is 10.1. The van der Waals surface area contributed by atoms with E-state index in [9.17, 15) is 22.8 Å². The highest BCUT2D eigenvalue weighted by Crippen LogP contribution is 2.24. The monoisotopic (exact) mass is 343 g/mol. The van der Waals surface area contributed by atoms with Crippen molar-refractivity contribution in [2.75, 3.05) is 31.1 Å². The van der Waals surface area contributed by atoms with Crippen LogP contribution in [0.15, 0.2) is 18.2 Å². The number of hydrogen-bond donors (Lipinski definition) is 1. The van der Waals surface area contributed by atoms with Gasteiger partial charge in [0.05, 0.1) is 0 Å². The van der Waals surface area contributed by atoms with Gasteiger partial charge in [-0.3, -0.25) is 9.69 Å². The predicted octanol–water partition coefficient (Wildman–Crippen LogP) is 2.94. The summed E-state index contributed by atoms with van der Waals surface area (Å²) < 4.78 is 38.0. The summed E-state index contributed by atoms with van der Waals surface area (Å²) in [5.74, 6) is -0.658. The van der Waals surface area contributed by atoms with Crippen molar-refractivity contribution in [2.45, 2.75) is 26.4 Å². The molecular weight excluding hydrogens is 323 g/mol. The molecule has 132 valence electrons. The highest BCUT2D eigenvalue weighted by molar-refractivity contribution is 5.98. The van der Waals surface area contributed by atoms with Gasteiger partial charge in [0.2, 0.25) is 0 Å². The van der Waals surface area contributed by atoms with Crippen molar-refractivity contribution in [3.8, 4) is 0 Å². The predicted molar refractivity (Wildman–Crippen MR) is 84.2 cm³/mol. The largest absolute Gasteiger partial charge is 0.406 e. The molecule has 1 aromatic carbocycles. The number of benzene rings is 1. The van der Waals surface area contributed by atoms with Gasteiger partial charge in [0.1, 0.15) is 6.54 Å². The second kappa shape index (κ2) is 7.11. The minimum atomic E-state index is -4.44. The number of urea groups is 1. The Bertz CT molecular complexity index is 631. The third kappa shape index (κ3) is 4.18. The van der Waals surface area contributed by atoms with Gasteiger partial charge in [0, 0.05) is 30.9 Å². The van der Waals surface area contributed by atoms with Gasteiger partial charge in [-0.05, 0) is 37.1 Å². The molecule has 0 radical (unpaired) electrons. The number of halogens is 3. The molecule has 5 nitrogen and oxygen atoms in total. The average Bonchev–Trinajstić information content (AvgIpc) is 2.90. The molecule has 1 fully saturated rings. The van der Waals surface area contributed by atoms with Crippen LogP contribution >= 0.6 is 0 Å². The number of carbonyl (C=O) groups is 2. The normalized spacial score (nSPS) is 14.7. The highest BCUT2D eigenvalue weighted by atomic mass is 19.4. The maximum absolute atomic E-state index is 12.7. The molecule has 1 N–H and O–H groups in total. The first-order valence-electron chi connectivity index (χ1n) is 7.75. The molecule has 8 heteroatoms. The summed E-state index contributed by atoms with van der Waals surface area (Å²) in [6, 6.07) is 4.38. The van der Waals surface area contributed by atoms with Crippen LogP contribution in [-0.4, -0.2) is 49.2 Å². The van der Waals surface area contributed by atoms with E-state index in [1.807, 2.05) is 0 Å². The number of rotatable bonds is 5. The zero-order chi connectivity index (χ0) is 17.9. The van der Waals surface area contributed by atoms with Gasteiger partial charge in [-0.15, -0.1) is 0 Å². The summed E-state index contributed by atoms with van der Waals surface area (Å²) in [7, 11) is 0. The maximum Gasteiger partial charge on any atom is 0.406 e. The molecule has 2 rings (SSSR count). The quantitative estimate of drug-likeness (QED) is 0.894. The first-order chi connectivity index (χ1) is 11.2. The zero-order valence-corrected chi connectivity index (χ0v) is 13.6. The van der Waals surface area contributed by atoms with Crippen molar-refractivity contribution in [3.05, 3.63) is 29.3 Å². The Morgan fingerprint density at radius 3 is 2.58 bits per heavy atom. The SMILES string of the molecule is CCCN(CC(F)(F)F)C(=O)c1ccc(N2CCNC2=O)c(C)c1. The first kappa shape index (κ1) is 18.1. The summed E-state index contributed by atoms with van der Waals surface area (Å²) in [4.78, 5) is 26.5. The fraction of sp³-hybridized carbons (Fsp3) is 0.500. The Labute approximate surface area is 138 Å². The van der Waals surface area contributed by atoms with E-state index >= 15 is 0 Å². The van der Waals surface area contributed by atoms with Crippen LogP contribution in [0.3, 0.4) is 0 Å². The van der Waals surface area contributed by atoms with E-state index in [-0.39, 0.29) is 18.1 Å². The number of hydrogen-bond acceptors (Lipinski definition) is 2. The van der Waals surface area contributed by atoms with E-state index < -0.39 is 18.6 Å². The van der Waals surface area contributed by atoms with E-state index in [2.05, 4.69) is 5.32 Å². The average molecular weight is 343 g/mol. The van der Waals surface area contributed by atoms with Crippen molar-refractivity contribution in [3.63, 3.8) is 0 Å². The van der Waals surface area contributed by atoms with E-state index in [1.54, 1.807) is 24.8 Å². The number of aryl methyl sites for hydroxylation is 1. The van der Waals surface area contributed by atoms with Crippen molar-refractivity contribution in [1.29, 1.82) is 0 Å². The molecule has 1 aliphatic heterocycles. The standard InChI is InChI=1S/C16H20F3N3O2/c1-3-7-21(10-16(17,18)19)14(23)12-4-5-13(11(2)9-12)22-8-6-20-15(22)24/h4-5,9H,3,6-8,10H2,1-2H3,(H,20,24). The van der Waals surface area contributed by atoms with E-state index in [1.165, 1.54) is 12.1 Å².